The van der Waals surface area contributed by atoms with Gasteiger partial charge in [-0.25, -0.2) is 9.37 Å². The summed E-state index contributed by atoms with van der Waals surface area (Å²) in [5, 5.41) is 2.58. The van der Waals surface area contributed by atoms with Crippen LogP contribution in [0.25, 0.3) is 0 Å². The molecule has 1 aliphatic heterocycles. The Bertz CT molecular complexity index is 1020. The molecular formula is C22H24F4N4O2. The monoisotopic (exact) mass is 452 g/mol. The molecule has 1 aliphatic carbocycles. The molecule has 4 rings (SSSR count). The first-order valence-corrected chi connectivity index (χ1v) is 10.3. The molecule has 0 saturated heterocycles. The van der Waals surface area contributed by atoms with Gasteiger partial charge in [0.25, 0.3) is 0 Å². The van der Waals surface area contributed by atoms with Crippen LogP contribution < -0.4 is 15.0 Å². The van der Waals surface area contributed by atoms with Crippen LogP contribution in [0, 0.1) is 17.2 Å². The van der Waals surface area contributed by atoms with E-state index in [0.29, 0.717) is 30.4 Å². The molecule has 10 heteroatoms. The van der Waals surface area contributed by atoms with Crippen molar-refractivity contribution in [1.29, 1.82) is 0 Å². The largest absolute Gasteiger partial charge is 0.573 e. The molecule has 0 aromatic carbocycles. The summed E-state index contributed by atoms with van der Waals surface area (Å²) in [6, 6.07) is 4.02. The van der Waals surface area contributed by atoms with E-state index in [0.717, 1.165) is 18.3 Å². The second-order valence-corrected chi connectivity index (χ2v) is 9.52. The smallest absolute Gasteiger partial charge is 0.404 e. The van der Waals surface area contributed by atoms with Crippen molar-refractivity contribution in [3.63, 3.8) is 0 Å². The summed E-state index contributed by atoms with van der Waals surface area (Å²) in [7, 11) is 0. The maximum Gasteiger partial charge on any atom is 0.573 e. The first kappa shape index (κ1) is 22.3. The SMILES string of the molecule is CC(C)(C)CC(=O)Nc1nc2c(cc1F)N(Cc1ccc(OC(F)(F)F)cn1)C[C@H]1C[C@@H]21. The Kier molecular flexibility index (Phi) is 5.50. The molecule has 1 saturated carbocycles. The van der Waals surface area contributed by atoms with Gasteiger partial charge in [-0.05, 0) is 29.9 Å². The number of fused-ring (bicyclic) bond motifs is 3. The Hall–Kier alpha value is -2.91. The van der Waals surface area contributed by atoms with E-state index in [2.05, 4.69) is 20.0 Å². The summed E-state index contributed by atoms with van der Waals surface area (Å²) in [5.74, 6) is -0.809. The predicted molar refractivity (Wildman–Crippen MR) is 110 cm³/mol. The summed E-state index contributed by atoms with van der Waals surface area (Å²) in [6.07, 6.45) is -2.61. The maximum absolute atomic E-state index is 14.8. The van der Waals surface area contributed by atoms with Gasteiger partial charge in [-0.1, -0.05) is 20.8 Å². The van der Waals surface area contributed by atoms with Crippen LogP contribution in [0.15, 0.2) is 24.4 Å². The highest BCUT2D eigenvalue weighted by atomic mass is 19.4. The number of rotatable bonds is 5. The van der Waals surface area contributed by atoms with Crippen LogP contribution in [0.2, 0.25) is 0 Å². The molecular weight excluding hydrogens is 428 g/mol. The number of hydrogen-bond acceptors (Lipinski definition) is 5. The highest BCUT2D eigenvalue weighted by molar-refractivity contribution is 5.90. The summed E-state index contributed by atoms with van der Waals surface area (Å²) in [4.78, 5) is 22.6. The van der Waals surface area contributed by atoms with Crippen molar-refractivity contribution in [3.05, 3.63) is 41.6 Å². The average molecular weight is 452 g/mol. The number of pyridine rings is 2. The van der Waals surface area contributed by atoms with E-state index in [1.807, 2.05) is 25.7 Å². The number of aromatic nitrogens is 2. The summed E-state index contributed by atoms with van der Waals surface area (Å²) in [5.41, 5.74) is 1.63. The minimum atomic E-state index is -4.78. The summed E-state index contributed by atoms with van der Waals surface area (Å²) in [6.45, 7) is 6.74. The van der Waals surface area contributed by atoms with E-state index >= 15 is 0 Å². The summed E-state index contributed by atoms with van der Waals surface area (Å²) < 4.78 is 55.6. The second-order valence-electron chi connectivity index (χ2n) is 9.52. The van der Waals surface area contributed by atoms with Crippen LogP contribution in [0.5, 0.6) is 5.75 Å². The number of halogens is 4. The van der Waals surface area contributed by atoms with Crippen LogP contribution in [0.4, 0.5) is 29.1 Å². The van der Waals surface area contributed by atoms with Crippen LogP contribution in [0.1, 0.15) is 50.9 Å². The molecule has 1 N–H and O–H groups in total. The quantitative estimate of drug-likeness (QED) is 0.646. The highest BCUT2D eigenvalue weighted by Crippen LogP contribution is 2.54. The zero-order chi connectivity index (χ0) is 23.3. The van der Waals surface area contributed by atoms with E-state index < -0.39 is 17.9 Å². The maximum atomic E-state index is 14.8. The van der Waals surface area contributed by atoms with Crippen molar-refractivity contribution in [1.82, 2.24) is 9.97 Å². The molecule has 0 unspecified atom stereocenters. The van der Waals surface area contributed by atoms with Crippen molar-refractivity contribution < 1.29 is 27.1 Å². The lowest BCUT2D eigenvalue weighted by atomic mass is 9.92. The third-order valence-electron chi connectivity index (χ3n) is 5.39. The van der Waals surface area contributed by atoms with Gasteiger partial charge in [0.15, 0.2) is 11.6 Å². The Balaban J connectivity index is 1.52. The van der Waals surface area contributed by atoms with E-state index in [1.54, 1.807) is 0 Å². The lowest BCUT2D eigenvalue weighted by molar-refractivity contribution is -0.274. The molecule has 32 heavy (non-hydrogen) atoms. The summed E-state index contributed by atoms with van der Waals surface area (Å²) >= 11 is 0. The molecule has 0 bridgehead atoms. The standard InChI is InChI=1S/C22H24F4N4O2/c1-21(2,3)8-18(31)28-20-16(23)7-17-19(29-20)15-6-12(15)10-30(17)11-13-4-5-14(9-27-13)32-22(24,25)26/h4-5,7,9,12,15H,6,8,10-11H2,1-3H3,(H,28,29,31)/t12-,15-/m1/s1. The number of anilines is 2. The number of nitrogens with zero attached hydrogens (tertiary/aromatic N) is 3. The van der Waals surface area contributed by atoms with Gasteiger partial charge in [0.05, 0.1) is 29.8 Å². The van der Waals surface area contributed by atoms with Crippen LogP contribution >= 0.6 is 0 Å². The van der Waals surface area contributed by atoms with Crippen molar-refractivity contribution >= 4 is 17.4 Å². The van der Waals surface area contributed by atoms with Gasteiger partial charge in [0, 0.05) is 24.9 Å². The fourth-order valence-electron chi connectivity index (χ4n) is 3.97. The number of hydrogen-bond donors (Lipinski definition) is 1. The van der Waals surface area contributed by atoms with E-state index in [1.165, 1.54) is 18.2 Å². The molecule has 1 fully saturated rings. The van der Waals surface area contributed by atoms with Crippen LogP contribution in [0.3, 0.4) is 0 Å². The van der Waals surface area contributed by atoms with Gasteiger partial charge < -0.3 is 15.0 Å². The van der Waals surface area contributed by atoms with Crippen LogP contribution in [-0.2, 0) is 11.3 Å². The zero-order valence-electron chi connectivity index (χ0n) is 18.0. The third kappa shape index (κ3) is 5.28. The number of carbonyl (C=O) groups is 1. The second kappa shape index (κ2) is 7.90. The van der Waals surface area contributed by atoms with E-state index in [-0.39, 0.29) is 29.5 Å². The molecule has 2 atom stereocenters. The molecule has 172 valence electrons. The first-order valence-electron chi connectivity index (χ1n) is 10.3. The normalized spacial score (nSPS) is 19.8. The number of ether oxygens (including phenoxy) is 1. The number of nitrogens with one attached hydrogen (secondary N) is 1. The Morgan fingerprint density at radius 3 is 2.66 bits per heavy atom. The fraction of sp³-hybridized carbons (Fsp3) is 0.500. The van der Waals surface area contributed by atoms with Gasteiger partial charge in [0.1, 0.15) is 5.75 Å². The fourth-order valence-corrected chi connectivity index (χ4v) is 3.97. The van der Waals surface area contributed by atoms with E-state index in [4.69, 9.17) is 0 Å². The molecule has 6 nitrogen and oxygen atoms in total. The molecule has 2 aliphatic rings. The molecule has 3 heterocycles. The molecule has 1 amide bonds. The number of carbonyl (C=O) groups excluding carboxylic acids is 1. The average Bonchev–Trinajstić information content (AvgIpc) is 3.41. The van der Waals surface area contributed by atoms with Gasteiger partial charge in [-0.15, -0.1) is 13.2 Å². The highest BCUT2D eigenvalue weighted by Gasteiger charge is 2.46. The van der Waals surface area contributed by atoms with E-state index in [9.17, 15) is 22.4 Å². The van der Waals surface area contributed by atoms with Crippen molar-refractivity contribution in [2.24, 2.45) is 11.3 Å². The zero-order valence-corrected chi connectivity index (χ0v) is 18.0. The van der Waals surface area contributed by atoms with Crippen molar-refractivity contribution in [2.45, 2.75) is 52.4 Å². The molecule has 0 spiro atoms. The topological polar surface area (TPSA) is 67.4 Å². The van der Waals surface area contributed by atoms with Gasteiger partial charge in [-0.3, -0.25) is 9.78 Å². The van der Waals surface area contributed by atoms with Gasteiger partial charge >= 0.3 is 6.36 Å². The lowest BCUT2D eigenvalue weighted by Gasteiger charge is -2.30. The Morgan fingerprint density at radius 2 is 2.03 bits per heavy atom. The van der Waals surface area contributed by atoms with Gasteiger partial charge in [-0.2, -0.15) is 0 Å². The minimum Gasteiger partial charge on any atom is -0.404 e. The minimum absolute atomic E-state index is 0.0720. The van der Waals surface area contributed by atoms with Crippen LogP contribution in [-0.4, -0.2) is 28.8 Å². The molecule has 0 radical (unpaired) electrons. The van der Waals surface area contributed by atoms with Gasteiger partial charge in [0.2, 0.25) is 5.91 Å². The Labute approximate surface area is 183 Å². The van der Waals surface area contributed by atoms with Crippen molar-refractivity contribution in [2.75, 3.05) is 16.8 Å². The number of amides is 1. The number of alkyl halides is 3. The Morgan fingerprint density at radius 1 is 1.28 bits per heavy atom. The predicted octanol–water partition coefficient (Wildman–Crippen LogP) is 5.01. The lowest BCUT2D eigenvalue weighted by Crippen LogP contribution is -2.31. The first-order chi connectivity index (χ1) is 14.9. The van der Waals surface area contributed by atoms with Crippen molar-refractivity contribution in [3.8, 4) is 5.75 Å². The molecule has 2 aromatic heterocycles. The third-order valence-corrected chi connectivity index (χ3v) is 5.39. The molecule has 2 aromatic rings.